The summed E-state index contributed by atoms with van der Waals surface area (Å²) in [6, 6.07) is 32.5. The number of anilines is 4. The topological polar surface area (TPSA) is 123 Å². The number of amides is 2. The zero-order valence-corrected chi connectivity index (χ0v) is 29.5. The molecule has 2 amide bonds. The van der Waals surface area contributed by atoms with Crippen LogP contribution in [0, 0.1) is 5.82 Å². The molecule has 1 fully saturated rings. The van der Waals surface area contributed by atoms with Crippen LogP contribution in [-0.2, 0) is 0 Å². The molecule has 0 atom stereocenters. The number of hydrogen-bond donors (Lipinski definition) is 4. The van der Waals surface area contributed by atoms with E-state index in [4.69, 9.17) is 11.5 Å². The highest BCUT2D eigenvalue weighted by Crippen LogP contribution is 2.39. The summed E-state index contributed by atoms with van der Waals surface area (Å²) in [6.45, 7) is 0. The Morgan fingerprint density at radius 2 is 1.36 bits per heavy atom. The fourth-order valence-electron chi connectivity index (χ4n) is 4.83. The summed E-state index contributed by atoms with van der Waals surface area (Å²) in [5.74, 6) is -0.716. The van der Waals surface area contributed by atoms with E-state index >= 15 is 0 Å². The van der Waals surface area contributed by atoms with Crippen LogP contribution in [0.3, 0.4) is 0 Å². The minimum atomic E-state index is -0.286. The summed E-state index contributed by atoms with van der Waals surface area (Å²) in [4.78, 5) is 31.5. The number of nitrogens with zero attached hydrogens (tertiary/aromatic N) is 1. The Labute approximate surface area is 302 Å². The number of aromatic nitrogens is 1. The normalized spacial score (nSPS) is 12.0. The minimum absolute atomic E-state index is 0.207. The molecule has 7 nitrogen and oxygen atoms in total. The smallest absolute Gasteiger partial charge is 0.257 e. The highest BCUT2D eigenvalue weighted by molar-refractivity contribution is 8.00. The molecule has 50 heavy (non-hydrogen) atoms. The quantitative estimate of drug-likeness (QED) is 0.0867. The van der Waals surface area contributed by atoms with Gasteiger partial charge in [-0.15, -0.1) is 34.9 Å². The second-order valence-corrected chi connectivity index (χ2v) is 14.6. The van der Waals surface area contributed by atoms with Gasteiger partial charge in [-0.1, -0.05) is 30.3 Å². The average molecular weight is 720 g/mol. The van der Waals surface area contributed by atoms with Gasteiger partial charge in [0.1, 0.15) is 5.82 Å². The largest absolute Gasteiger partial charge is 0.397 e. The Balaban J connectivity index is 0.000000175. The summed E-state index contributed by atoms with van der Waals surface area (Å²) < 4.78 is 13.1. The van der Waals surface area contributed by atoms with Crippen molar-refractivity contribution in [2.45, 2.75) is 28.0 Å². The van der Waals surface area contributed by atoms with Crippen LogP contribution >= 0.6 is 34.9 Å². The van der Waals surface area contributed by atoms with Crippen LogP contribution in [0.2, 0.25) is 0 Å². The van der Waals surface area contributed by atoms with Crippen LogP contribution in [0.5, 0.6) is 0 Å². The standard InChI is InChI=1S/C22H19FN2OS.C17H15N3OS2/c23-17-6-1-14(2-7-17)16-5-12-20(24)21(13-16)25-22(26)15-3-8-18(9-4-15)27-19-10-11-19;1-22-16-7-5-12(10-19-16)17(21)20-14-9-11(4-6-13(14)18)15-3-2-8-23-15/h1-9,12-13,19H,10-11,24H2,(H,25,26);2-10H,18H2,1H3,(H,20,21). The van der Waals surface area contributed by atoms with Crippen molar-refractivity contribution in [1.82, 2.24) is 4.98 Å². The Morgan fingerprint density at radius 1 is 0.760 bits per heavy atom. The van der Waals surface area contributed by atoms with Gasteiger partial charge in [0.2, 0.25) is 0 Å². The zero-order valence-electron chi connectivity index (χ0n) is 27.1. The van der Waals surface area contributed by atoms with Crippen molar-refractivity contribution < 1.29 is 14.0 Å². The van der Waals surface area contributed by atoms with Gasteiger partial charge in [0.25, 0.3) is 11.8 Å². The van der Waals surface area contributed by atoms with Crippen molar-refractivity contribution >= 4 is 69.4 Å². The van der Waals surface area contributed by atoms with Gasteiger partial charge in [0, 0.05) is 26.8 Å². The minimum Gasteiger partial charge on any atom is -0.397 e. The maximum atomic E-state index is 13.1. The lowest BCUT2D eigenvalue weighted by molar-refractivity contribution is 0.101. The number of nitrogen functional groups attached to an aromatic ring is 2. The molecular formula is C39H34FN5O2S3. The molecule has 1 aliphatic rings. The Kier molecular flexibility index (Phi) is 11.2. The number of thiophene rings is 1. The number of nitrogens with two attached hydrogens (primary N) is 2. The zero-order chi connectivity index (χ0) is 35.0. The van der Waals surface area contributed by atoms with Gasteiger partial charge in [-0.05, 0) is 120 Å². The molecule has 252 valence electrons. The first-order valence-electron chi connectivity index (χ1n) is 15.7. The fraction of sp³-hybridized carbons (Fsp3) is 0.103. The number of thioether (sulfide) groups is 2. The molecule has 1 saturated carbocycles. The van der Waals surface area contributed by atoms with Crippen LogP contribution in [0.25, 0.3) is 21.6 Å². The number of nitrogens with one attached hydrogen (secondary N) is 2. The van der Waals surface area contributed by atoms with Crippen LogP contribution in [0.15, 0.2) is 131 Å². The molecule has 7 rings (SSSR count). The van der Waals surface area contributed by atoms with E-state index in [1.54, 1.807) is 53.9 Å². The molecule has 2 heterocycles. The second kappa shape index (κ2) is 16.1. The van der Waals surface area contributed by atoms with E-state index in [-0.39, 0.29) is 17.6 Å². The molecule has 4 aromatic carbocycles. The first kappa shape index (κ1) is 34.8. The van der Waals surface area contributed by atoms with E-state index in [0.717, 1.165) is 31.8 Å². The number of carbonyl (C=O) groups excluding carboxylic acids is 2. The maximum absolute atomic E-state index is 13.1. The molecule has 6 N–H and O–H groups in total. The monoisotopic (exact) mass is 719 g/mol. The molecule has 0 radical (unpaired) electrons. The van der Waals surface area contributed by atoms with E-state index in [9.17, 15) is 14.0 Å². The van der Waals surface area contributed by atoms with Crippen molar-refractivity contribution in [2.75, 3.05) is 28.4 Å². The van der Waals surface area contributed by atoms with Crippen molar-refractivity contribution in [2.24, 2.45) is 0 Å². The van der Waals surface area contributed by atoms with Gasteiger partial charge in [0.05, 0.1) is 33.3 Å². The molecule has 11 heteroatoms. The van der Waals surface area contributed by atoms with Crippen LogP contribution in [0.4, 0.5) is 27.1 Å². The van der Waals surface area contributed by atoms with E-state index in [0.29, 0.717) is 33.9 Å². The van der Waals surface area contributed by atoms with Crippen molar-refractivity contribution in [3.63, 3.8) is 0 Å². The van der Waals surface area contributed by atoms with Crippen LogP contribution in [-0.4, -0.2) is 28.3 Å². The number of rotatable bonds is 9. The van der Waals surface area contributed by atoms with Gasteiger partial charge in [0.15, 0.2) is 0 Å². The second-order valence-electron chi connectivity index (χ2n) is 11.4. The third-order valence-corrected chi connectivity index (χ3v) is 10.7. The third kappa shape index (κ3) is 9.12. The van der Waals surface area contributed by atoms with Crippen LogP contribution in [0.1, 0.15) is 33.6 Å². The Bertz CT molecular complexity index is 2090. The van der Waals surface area contributed by atoms with Crippen molar-refractivity contribution in [3.8, 4) is 21.6 Å². The average Bonchev–Trinajstić information content (AvgIpc) is 3.78. The number of carbonyl (C=O) groups is 2. The summed E-state index contributed by atoms with van der Waals surface area (Å²) in [5, 5.41) is 9.36. The molecule has 0 spiro atoms. The van der Waals surface area contributed by atoms with Crippen molar-refractivity contribution in [3.05, 3.63) is 138 Å². The molecule has 0 bridgehead atoms. The molecule has 0 aliphatic heterocycles. The molecule has 2 aromatic heterocycles. The van der Waals surface area contributed by atoms with Gasteiger partial charge in [-0.25, -0.2) is 9.37 Å². The molecule has 0 unspecified atom stereocenters. The predicted molar refractivity (Wildman–Crippen MR) is 208 cm³/mol. The lowest BCUT2D eigenvalue weighted by atomic mass is 10.0. The first-order chi connectivity index (χ1) is 24.2. The van der Waals surface area contributed by atoms with E-state index in [1.165, 1.54) is 41.6 Å². The lowest BCUT2D eigenvalue weighted by Crippen LogP contribution is -2.13. The van der Waals surface area contributed by atoms with Gasteiger partial charge >= 0.3 is 0 Å². The summed E-state index contributed by atoms with van der Waals surface area (Å²) in [6.07, 6.45) is 6.06. The summed E-state index contributed by atoms with van der Waals surface area (Å²) in [7, 11) is 0. The van der Waals surface area contributed by atoms with Gasteiger partial charge in [-0.3, -0.25) is 9.59 Å². The molecule has 0 saturated heterocycles. The Hall–Kier alpha value is -5.10. The molecule has 1 aliphatic carbocycles. The van der Waals surface area contributed by atoms with E-state index < -0.39 is 0 Å². The highest BCUT2D eigenvalue weighted by atomic mass is 32.2. The molecular weight excluding hydrogens is 686 g/mol. The number of halogens is 1. The SMILES string of the molecule is CSc1ccc(C(=O)Nc2cc(-c3cccs3)ccc2N)cn1.Nc1ccc(-c2ccc(F)cc2)cc1NC(=O)c1ccc(SC2CC2)cc1. The molecule has 6 aromatic rings. The fourth-order valence-corrected chi connectivity index (χ4v) is 6.97. The number of benzene rings is 4. The number of hydrogen-bond acceptors (Lipinski definition) is 8. The lowest BCUT2D eigenvalue weighted by Gasteiger charge is -2.11. The summed E-state index contributed by atoms with van der Waals surface area (Å²) >= 11 is 5.04. The van der Waals surface area contributed by atoms with Crippen molar-refractivity contribution in [1.29, 1.82) is 0 Å². The third-order valence-electron chi connectivity index (χ3n) is 7.74. The Morgan fingerprint density at radius 3 is 1.94 bits per heavy atom. The van der Waals surface area contributed by atoms with Gasteiger partial charge < -0.3 is 22.1 Å². The highest BCUT2D eigenvalue weighted by Gasteiger charge is 2.22. The first-order valence-corrected chi connectivity index (χ1v) is 18.7. The predicted octanol–water partition coefficient (Wildman–Crippen LogP) is 9.95. The van der Waals surface area contributed by atoms with E-state index in [2.05, 4.69) is 15.6 Å². The summed E-state index contributed by atoms with van der Waals surface area (Å²) in [5.41, 5.74) is 18.0. The van der Waals surface area contributed by atoms with Crippen LogP contribution < -0.4 is 22.1 Å². The maximum Gasteiger partial charge on any atom is 0.257 e. The van der Waals surface area contributed by atoms with E-state index in [1.807, 2.05) is 84.1 Å². The van der Waals surface area contributed by atoms with Gasteiger partial charge in [-0.2, -0.15) is 0 Å². The number of pyridine rings is 1.